The van der Waals surface area contributed by atoms with Crippen molar-refractivity contribution in [1.29, 1.82) is 0 Å². The third-order valence-electron chi connectivity index (χ3n) is 5.24. The summed E-state index contributed by atoms with van der Waals surface area (Å²) in [5, 5.41) is 22.1. The fourth-order valence-electron chi connectivity index (χ4n) is 4.05. The summed E-state index contributed by atoms with van der Waals surface area (Å²) >= 11 is 1.36. The van der Waals surface area contributed by atoms with Gasteiger partial charge in [-0.1, -0.05) is 18.1 Å². The number of hydrogen-bond acceptors (Lipinski definition) is 6. The second-order valence-corrected chi connectivity index (χ2v) is 9.07. The second-order valence-electron chi connectivity index (χ2n) is 7.30. The second kappa shape index (κ2) is 7.76. The molecule has 7 nitrogen and oxygen atoms in total. The first-order chi connectivity index (χ1) is 12.8. The Balaban J connectivity index is 0.00000225. The van der Waals surface area contributed by atoms with Crippen molar-refractivity contribution in [2.75, 3.05) is 0 Å². The molecular formula is C19H18KN3O4S. The first-order valence-corrected chi connectivity index (χ1v) is 9.43. The Labute approximate surface area is 209 Å². The zero-order valence-electron chi connectivity index (χ0n) is 15.8. The molecule has 9 heteroatoms. The van der Waals surface area contributed by atoms with E-state index in [0.717, 1.165) is 5.52 Å². The number of aliphatic hydroxyl groups is 1. The van der Waals surface area contributed by atoms with Crippen molar-refractivity contribution in [3.63, 3.8) is 0 Å². The van der Waals surface area contributed by atoms with E-state index in [0.29, 0.717) is 11.3 Å². The van der Waals surface area contributed by atoms with Crippen molar-refractivity contribution < 1.29 is 71.2 Å². The van der Waals surface area contributed by atoms with Gasteiger partial charge in [-0.15, -0.1) is 18.2 Å². The van der Waals surface area contributed by atoms with Gasteiger partial charge in [-0.25, -0.2) is 4.98 Å². The fourth-order valence-corrected chi connectivity index (χ4v) is 5.76. The number of aromatic nitrogens is 2. The van der Waals surface area contributed by atoms with Crippen molar-refractivity contribution in [2.24, 2.45) is 5.92 Å². The average molecular weight is 424 g/mol. The maximum atomic E-state index is 12.7. The summed E-state index contributed by atoms with van der Waals surface area (Å²) in [6.45, 7) is 3.74. The average Bonchev–Trinajstić information content (AvgIpc) is 3.08. The van der Waals surface area contributed by atoms with Crippen LogP contribution in [0.1, 0.15) is 25.8 Å². The molecule has 4 atom stereocenters. The number of thioether (sulfide) groups is 1. The number of β-lactam (4-membered cyclic amide) rings is 1. The minimum atomic E-state index is -1.28. The molecule has 0 spiro atoms. The molecule has 1 aromatic heterocycles. The van der Waals surface area contributed by atoms with Crippen molar-refractivity contribution >= 4 is 34.7 Å². The summed E-state index contributed by atoms with van der Waals surface area (Å²) in [4.78, 5) is 30.1. The van der Waals surface area contributed by atoms with Crippen LogP contribution in [0.3, 0.4) is 0 Å². The largest absolute Gasteiger partial charge is 1.00 e. The smallest absolute Gasteiger partial charge is 0.548 e. The number of carbonyl (C=O) groups excluding carboxylic acids is 2. The number of benzene rings is 1. The molecule has 2 fully saturated rings. The summed E-state index contributed by atoms with van der Waals surface area (Å²) in [6.07, 6.45) is 4.29. The minimum absolute atomic E-state index is 0. The number of carboxylic acid groups (broad SMARTS) is 1. The van der Waals surface area contributed by atoms with E-state index in [9.17, 15) is 19.8 Å². The van der Waals surface area contributed by atoms with Crippen LogP contribution in [0.2, 0.25) is 0 Å². The van der Waals surface area contributed by atoms with Crippen LogP contribution in [0, 0.1) is 18.3 Å². The number of hydrogen-bond donors (Lipinski definition) is 1. The molecule has 4 rings (SSSR count). The molecule has 2 aliphatic heterocycles. The SMILES string of the molecule is C#CCn1c([C@@H](O)[C@@H]2C(=O)N3[C@@H]2SC(C)(C)[C@@H]3C(=O)[O-])nc2ccccc21.[K+]. The molecule has 2 saturated heterocycles. The number of rotatable bonds is 4. The molecule has 1 amide bonds. The van der Waals surface area contributed by atoms with Crippen LogP contribution in [0.4, 0.5) is 0 Å². The summed E-state index contributed by atoms with van der Waals surface area (Å²) in [7, 11) is 0. The van der Waals surface area contributed by atoms with E-state index < -0.39 is 40.1 Å². The number of fused-ring (bicyclic) bond motifs is 2. The van der Waals surface area contributed by atoms with Crippen LogP contribution in [-0.2, 0) is 16.1 Å². The number of para-hydroxylation sites is 2. The van der Waals surface area contributed by atoms with Crippen LogP contribution in [0.25, 0.3) is 11.0 Å². The van der Waals surface area contributed by atoms with E-state index in [1.807, 2.05) is 24.3 Å². The molecule has 140 valence electrons. The summed E-state index contributed by atoms with van der Waals surface area (Å²) in [6, 6.07) is 6.33. The molecule has 0 saturated carbocycles. The Morgan fingerprint density at radius 2 is 2.14 bits per heavy atom. The summed E-state index contributed by atoms with van der Waals surface area (Å²) in [5.74, 6) is 0.416. The van der Waals surface area contributed by atoms with Gasteiger partial charge in [0.1, 0.15) is 17.8 Å². The third-order valence-corrected chi connectivity index (χ3v) is 6.84. The minimum Gasteiger partial charge on any atom is -0.548 e. The van der Waals surface area contributed by atoms with Crippen molar-refractivity contribution in [3.05, 3.63) is 30.1 Å². The molecule has 0 unspecified atom stereocenters. The van der Waals surface area contributed by atoms with Gasteiger partial charge < -0.3 is 24.5 Å². The fraction of sp³-hybridized carbons (Fsp3) is 0.421. The number of aliphatic hydroxyl groups excluding tert-OH is 1. The molecule has 0 bridgehead atoms. The number of amides is 1. The number of nitrogens with zero attached hydrogens (tertiary/aromatic N) is 3. The number of imidazole rings is 1. The van der Waals surface area contributed by atoms with E-state index in [-0.39, 0.29) is 57.9 Å². The monoisotopic (exact) mass is 423 g/mol. The molecule has 28 heavy (non-hydrogen) atoms. The standard InChI is InChI=1S/C19H19N3O4S.K/c1-4-9-21-11-8-6-5-7-10(11)20-15(21)13(23)12-16(24)22-14(18(25)26)19(2,3)27-17(12)22;/h1,5-8,12-14,17,23H,9H2,2-3H3,(H,25,26);/q;+1/p-1/t12-,13+,14+,17-;/m1./s1. The maximum Gasteiger partial charge on any atom is 1.00 e. The maximum absolute atomic E-state index is 12.7. The van der Waals surface area contributed by atoms with Gasteiger partial charge in [-0.3, -0.25) is 4.79 Å². The van der Waals surface area contributed by atoms with E-state index in [1.54, 1.807) is 18.4 Å². The van der Waals surface area contributed by atoms with Gasteiger partial charge in [0.15, 0.2) is 0 Å². The first-order valence-electron chi connectivity index (χ1n) is 8.55. The topological polar surface area (TPSA) is 98.5 Å². The van der Waals surface area contributed by atoms with Gasteiger partial charge in [-0.05, 0) is 26.0 Å². The molecule has 3 heterocycles. The Hall–Kier alpha value is -0.864. The van der Waals surface area contributed by atoms with Gasteiger partial charge in [0.25, 0.3) is 0 Å². The molecule has 1 aromatic carbocycles. The Morgan fingerprint density at radius 3 is 2.79 bits per heavy atom. The van der Waals surface area contributed by atoms with Gasteiger partial charge in [-0.2, -0.15) is 0 Å². The van der Waals surface area contributed by atoms with Gasteiger partial charge in [0.05, 0.1) is 35.0 Å². The van der Waals surface area contributed by atoms with Gasteiger partial charge >= 0.3 is 51.4 Å². The van der Waals surface area contributed by atoms with Crippen LogP contribution < -0.4 is 56.5 Å². The van der Waals surface area contributed by atoms with E-state index in [1.165, 1.54) is 16.7 Å². The van der Waals surface area contributed by atoms with E-state index >= 15 is 0 Å². The van der Waals surface area contributed by atoms with Gasteiger partial charge in [0, 0.05) is 4.75 Å². The predicted octanol–water partition coefficient (Wildman–Crippen LogP) is -2.86. The van der Waals surface area contributed by atoms with Crippen molar-refractivity contribution in [1.82, 2.24) is 14.5 Å². The molecule has 1 N–H and O–H groups in total. The van der Waals surface area contributed by atoms with E-state index in [2.05, 4.69) is 10.9 Å². The van der Waals surface area contributed by atoms with Gasteiger partial charge in [0.2, 0.25) is 5.91 Å². The zero-order chi connectivity index (χ0) is 19.5. The van der Waals surface area contributed by atoms with Crippen molar-refractivity contribution in [2.45, 2.75) is 42.7 Å². The number of aliphatic carboxylic acids is 1. The van der Waals surface area contributed by atoms with Crippen LogP contribution in [-0.4, -0.2) is 47.6 Å². The van der Waals surface area contributed by atoms with Crippen molar-refractivity contribution in [3.8, 4) is 12.3 Å². The Morgan fingerprint density at radius 1 is 1.46 bits per heavy atom. The molecule has 0 radical (unpaired) electrons. The zero-order valence-corrected chi connectivity index (χ0v) is 19.8. The van der Waals surface area contributed by atoms with Crippen LogP contribution in [0.15, 0.2) is 24.3 Å². The van der Waals surface area contributed by atoms with E-state index in [4.69, 9.17) is 6.42 Å². The molecule has 0 aliphatic carbocycles. The molecule has 2 aromatic rings. The number of carboxylic acids is 1. The van der Waals surface area contributed by atoms with Crippen LogP contribution >= 0.6 is 11.8 Å². The number of carbonyl (C=O) groups is 2. The summed E-state index contributed by atoms with van der Waals surface area (Å²) < 4.78 is 1.02. The quantitative estimate of drug-likeness (QED) is 0.323. The predicted molar refractivity (Wildman–Crippen MR) is 98.1 cm³/mol. The molecule has 2 aliphatic rings. The third kappa shape index (κ3) is 3.15. The first kappa shape index (κ1) is 21.8. The number of terminal acetylenes is 1. The Kier molecular flexibility index (Phi) is 6.05. The summed E-state index contributed by atoms with van der Waals surface area (Å²) in [5.41, 5.74) is 1.46. The molecular weight excluding hydrogens is 405 g/mol. The Bertz CT molecular complexity index is 999. The normalized spacial score (nSPS) is 26.1. The van der Waals surface area contributed by atoms with Crippen LogP contribution in [0.5, 0.6) is 0 Å².